The number of H-pyrrole nitrogens is 1. The van der Waals surface area contributed by atoms with E-state index < -0.39 is 0 Å². The number of benzene rings is 2. The van der Waals surface area contributed by atoms with Gasteiger partial charge in [-0.15, -0.1) is 0 Å². The summed E-state index contributed by atoms with van der Waals surface area (Å²) in [5.41, 5.74) is 4.46. The van der Waals surface area contributed by atoms with Gasteiger partial charge in [0.1, 0.15) is 0 Å². The van der Waals surface area contributed by atoms with Crippen molar-refractivity contribution in [2.75, 3.05) is 32.7 Å². The molecular weight excluding hydrogens is 384 g/mol. The van der Waals surface area contributed by atoms with E-state index in [2.05, 4.69) is 50.3 Å². The average molecular weight is 415 g/mol. The van der Waals surface area contributed by atoms with Crippen molar-refractivity contribution in [3.8, 4) is 11.3 Å². The van der Waals surface area contributed by atoms with E-state index in [4.69, 9.17) is 0 Å². The average Bonchev–Trinajstić information content (AvgIpc) is 3.49. The Morgan fingerprint density at radius 2 is 1.81 bits per heavy atom. The number of aromatic nitrogens is 2. The molecule has 0 radical (unpaired) electrons. The van der Waals surface area contributed by atoms with E-state index in [0.29, 0.717) is 0 Å². The summed E-state index contributed by atoms with van der Waals surface area (Å²) in [6.45, 7) is 5.15. The number of nitrogens with one attached hydrogen (secondary N) is 1. The van der Waals surface area contributed by atoms with E-state index in [9.17, 15) is 4.79 Å². The first kappa shape index (κ1) is 20.0. The Kier molecular flexibility index (Phi) is 5.60. The summed E-state index contributed by atoms with van der Waals surface area (Å²) in [6, 6.07) is 20.6. The van der Waals surface area contributed by atoms with Crippen molar-refractivity contribution in [2.45, 2.75) is 25.7 Å². The van der Waals surface area contributed by atoms with Crippen molar-refractivity contribution in [3.63, 3.8) is 0 Å². The van der Waals surface area contributed by atoms with Gasteiger partial charge in [-0.2, -0.15) is 5.10 Å². The lowest BCUT2D eigenvalue weighted by Gasteiger charge is -2.40. The molecule has 5 rings (SSSR count). The fourth-order valence-corrected chi connectivity index (χ4v) is 5.27. The molecule has 160 valence electrons. The van der Waals surface area contributed by atoms with Crippen molar-refractivity contribution in [1.82, 2.24) is 20.0 Å². The van der Waals surface area contributed by atoms with Crippen LogP contribution in [0.1, 0.15) is 35.2 Å². The molecule has 0 saturated carbocycles. The first-order valence-electron chi connectivity index (χ1n) is 11.4. The highest BCUT2D eigenvalue weighted by Gasteiger charge is 2.42. The van der Waals surface area contributed by atoms with Gasteiger partial charge >= 0.3 is 0 Å². The summed E-state index contributed by atoms with van der Waals surface area (Å²) in [5, 5.41) is 6.97. The van der Waals surface area contributed by atoms with E-state index in [1.54, 1.807) is 6.20 Å². The number of likely N-dealkylation sites (tertiary alicyclic amines) is 2. The van der Waals surface area contributed by atoms with Crippen LogP contribution in [0.4, 0.5) is 0 Å². The monoisotopic (exact) mass is 414 g/mol. The second-order valence-corrected chi connectivity index (χ2v) is 9.14. The summed E-state index contributed by atoms with van der Waals surface area (Å²) in [6.07, 6.45) is 6.42. The Morgan fingerprint density at radius 1 is 0.968 bits per heavy atom. The van der Waals surface area contributed by atoms with Gasteiger partial charge in [0.2, 0.25) is 0 Å². The number of carbonyl (C=O) groups is 1. The largest absolute Gasteiger partial charge is 0.338 e. The van der Waals surface area contributed by atoms with Crippen LogP contribution < -0.4 is 0 Å². The van der Waals surface area contributed by atoms with Gasteiger partial charge in [-0.3, -0.25) is 9.89 Å². The van der Waals surface area contributed by atoms with Crippen LogP contribution >= 0.6 is 0 Å². The van der Waals surface area contributed by atoms with Crippen LogP contribution in [0.2, 0.25) is 0 Å². The Morgan fingerprint density at radius 3 is 2.58 bits per heavy atom. The fourth-order valence-electron chi connectivity index (χ4n) is 5.27. The molecule has 2 aliphatic heterocycles. The van der Waals surface area contributed by atoms with Crippen LogP contribution in [0.3, 0.4) is 0 Å². The molecule has 31 heavy (non-hydrogen) atoms. The zero-order valence-corrected chi connectivity index (χ0v) is 18.0. The SMILES string of the molecule is O=C(c1ccc(-c2ccn[nH]2)cc1)N1CC[C@@]2(CCCN(CCc3ccccc3)C2)C1. The molecular formula is C26H30N4O. The highest BCUT2D eigenvalue weighted by Crippen LogP contribution is 2.39. The smallest absolute Gasteiger partial charge is 0.253 e. The maximum atomic E-state index is 13.2. The number of nitrogens with zero attached hydrogens (tertiary/aromatic N) is 3. The van der Waals surface area contributed by atoms with Crippen molar-refractivity contribution in [1.29, 1.82) is 0 Å². The maximum Gasteiger partial charge on any atom is 0.253 e. The lowest BCUT2D eigenvalue weighted by molar-refractivity contribution is 0.0692. The molecule has 0 bridgehead atoms. The normalized spacial score (nSPS) is 21.6. The first-order valence-corrected chi connectivity index (χ1v) is 11.4. The van der Waals surface area contributed by atoms with Crippen LogP contribution in [0.25, 0.3) is 11.3 Å². The fraction of sp³-hybridized carbons (Fsp3) is 0.385. The number of aromatic amines is 1. The summed E-state index contributed by atoms with van der Waals surface area (Å²) in [5.74, 6) is 0.162. The molecule has 0 unspecified atom stereocenters. The van der Waals surface area contributed by atoms with E-state index in [1.807, 2.05) is 30.3 Å². The standard InChI is InChI=1S/C26H30N4O/c31-25(23-9-7-22(8-10-23)24-11-15-27-28-24)30-18-14-26(20-30)13-4-16-29(19-26)17-12-21-5-2-1-3-6-21/h1-3,5-11,15H,4,12-14,16-20H2,(H,27,28)/t26-/m1/s1. The maximum absolute atomic E-state index is 13.2. The van der Waals surface area contributed by atoms with Gasteiger partial charge in [-0.05, 0) is 61.6 Å². The predicted octanol–water partition coefficient (Wildman–Crippen LogP) is 4.25. The van der Waals surface area contributed by atoms with E-state index in [-0.39, 0.29) is 11.3 Å². The van der Waals surface area contributed by atoms with Crippen LogP contribution in [0, 0.1) is 5.41 Å². The number of hydrogen-bond donors (Lipinski definition) is 1. The molecule has 2 saturated heterocycles. The molecule has 1 aromatic heterocycles. The number of hydrogen-bond acceptors (Lipinski definition) is 3. The minimum absolute atomic E-state index is 0.162. The molecule has 2 fully saturated rings. The van der Waals surface area contributed by atoms with Gasteiger partial charge in [-0.25, -0.2) is 0 Å². The second kappa shape index (κ2) is 8.67. The molecule has 3 aromatic rings. The van der Waals surface area contributed by atoms with Crippen LogP contribution in [-0.4, -0.2) is 58.6 Å². The third-order valence-electron chi connectivity index (χ3n) is 6.97. The van der Waals surface area contributed by atoms with Crippen molar-refractivity contribution in [3.05, 3.63) is 78.0 Å². The molecule has 2 aromatic carbocycles. The van der Waals surface area contributed by atoms with Gasteiger partial charge in [0.15, 0.2) is 0 Å². The topological polar surface area (TPSA) is 52.2 Å². The number of piperidine rings is 1. The Bertz CT molecular complexity index is 1000. The van der Waals surface area contributed by atoms with E-state index in [1.165, 1.54) is 24.9 Å². The number of amides is 1. The molecule has 5 nitrogen and oxygen atoms in total. The Hall–Kier alpha value is -2.92. The third kappa shape index (κ3) is 4.42. The molecule has 2 aliphatic rings. The summed E-state index contributed by atoms with van der Waals surface area (Å²) in [4.78, 5) is 17.8. The van der Waals surface area contributed by atoms with Crippen molar-refractivity contribution < 1.29 is 4.79 Å². The molecule has 0 aliphatic carbocycles. The molecule has 5 heteroatoms. The molecule has 1 spiro atoms. The van der Waals surface area contributed by atoms with Gasteiger partial charge in [0, 0.05) is 43.4 Å². The predicted molar refractivity (Wildman–Crippen MR) is 123 cm³/mol. The minimum Gasteiger partial charge on any atom is -0.338 e. The highest BCUT2D eigenvalue weighted by molar-refractivity contribution is 5.94. The van der Waals surface area contributed by atoms with Gasteiger partial charge in [0.25, 0.3) is 5.91 Å². The summed E-state index contributed by atoms with van der Waals surface area (Å²) >= 11 is 0. The Balaban J connectivity index is 1.20. The second-order valence-electron chi connectivity index (χ2n) is 9.14. The molecule has 1 N–H and O–H groups in total. The van der Waals surface area contributed by atoms with Gasteiger partial charge in [0.05, 0.1) is 5.69 Å². The van der Waals surface area contributed by atoms with Crippen LogP contribution in [0.5, 0.6) is 0 Å². The molecule has 1 atom stereocenters. The highest BCUT2D eigenvalue weighted by atomic mass is 16.2. The van der Waals surface area contributed by atoms with Crippen LogP contribution in [0.15, 0.2) is 66.9 Å². The summed E-state index contributed by atoms with van der Waals surface area (Å²) in [7, 11) is 0. The van der Waals surface area contributed by atoms with E-state index in [0.717, 1.165) is 55.8 Å². The summed E-state index contributed by atoms with van der Waals surface area (Å²) < 4.78 is 0. The van der Waals surface area contributed by atoms with Crippen molar-refractivity contribution in [2.24, 2.45) is 5.41 Å². The molecule has 3 heterocycles. The quantitative estimate of drug-likeness (QED) is 0.679. The van der Waals surface area contributed by atoms with E-state index >= 15 is 0 Å². The number of carbonyl (C=O) groups excluding carboxylic acids is 1. The van der Waals surface area contributed by atoms with Crippen LogP contribution in [-0.2, 0) is 6.42 Å². The van der Waals surface area contributed by atoms with Crippen molar-refractivity contribution >= 4 is 5.91 Å². The van der Waals surface area contributed by atoms with Gasteiger partial charge < -0.3 is 9.80 Å². The molecule has 1 amide bonds. The lowest BCUT2D eigenvalue weighted by Crippen LogP contribution is -2.46. The lowest BCUT2D eigenvalue weighted by atomic mass is 9.79. The first-order chi connectivity index (χ1) is 15.2. The zero-order valence-electron chi connectivity index (χ0n) is 18.0. The number of rotatable bonds is 5. The minimum atomic E-state index is 0.162. The van der Waals surface area contributed by atoms with Gasteiger partial charge in [-0.1, -0.05) is 42.5 Å². The third-order valence-corrected chi connectivity index (χ3v) is 6.97. The Labute approximate surface area is 184 Å². The zero-order chi connectivity index (χ0) is 21.1.